The van der Waals surface area contributed by atoms with Gasteiger partial charge in [0.2, 0.25) is 5.91 Å². The third kappa shape index (κ3) is 5.53. The van der Waals surface area contributed by atoms with Crippen LogP contribution in [0.3, 0.4) is 0 Å². The van der Waals surface area contributed by atoms with Crippen molar-refractivity contribution in [3.8, 4) is 0 Å². The van der Waals surface area contributed by atoms with Gasteiger partial charge in [-0.15, -0.1) is 0 Å². The van der Waals surface area contributed by atoms with Crippen LogP contribution in [0.5, 0.6) is 0 Å². The highest BCUT2D eigenvalue weighted by Gasteiger charge is 2.11. The van der Waals surface area contributed by atoms with Gasteiger partial charge in [-0.2, -0.15) is 16.8 Å². The summed E-state index contributed by atoms with van der Waals surface area (Å²) < 4.78 is 21.9. The topological polar surface area (TPSA) is 43.6 Å². The van der Waals surface area contributed by atoms with Crippen molar-refractivity contribution in [1.29, 1.82) is 0 Å². The normalized spacial score (nSPS) is 12.0. The standard InChI is InChI=1S/C21H23FN2O2S2/c1-26-13-12-24-20-17(22)9-5-10-18(20)28-21(24)23-19(25)11-6-14-27-15-16-7-3-2-4-8-16/h2-5,7-10H,6,11-15H2,1H3. The molecule has 28 heavy (non-hydrogen) atoms. The number of halogens is 1. The average molecular weight is 419 g/mol. The Hall–Kier alpha value is -1.96. The predicted molar refractivity (Wildman–Crippen MR) is 114 cm³/mol. The molecule has 1 aromatic heterocycles. The Kier molecular flexibility index (Phi) is 7.82. The second kappa shape index (κ2) is 10.5. The fraction of sp³-hybridized carbons (Fsp3) is 0.333. The monoisotopic (exact) mass is 418 g/mol. The molecule has 0 radical (unpaired) electrons. The second-order valence-corrected chi connectivity index (χ2v) is 8.38. The van der Waals surface area contributed by atoms with E-state index in [0.29, 0.717) is 29.9 Å². The quantitative estimate of drug-likeness (QED) is 0.476. The summed E-state index contributed by atoms with van der Waals surface area (Å²) in [6, 6.07) is 15.2. The van der Waals surface area contributed by atoms with Crippen LogP contribution in [-0.2, 0) is 21.8 Å². The third-order valence-corrected chi connectivity index (χ3v) is 6.34. The van der Waals surface area contributed by atoms with Crippen LogP contribution >= 0.6 is 23.1 Å². The van der Waals surface area contributed by atoms with Gasteiger partial charge in [0.05, 0.1) is 16.8 Å². The number of methoxy groups -OCH3 is 1. The lowest BCUT2D eigenvalue weighted by Gasteiger charge is -2.05. The molecule has 1 amide bonds. The van der Waals surface area contributed by atoms with Gasteiger partial charge in [0.15, 0.2) is 4.80 Å². The van der Waals surface area contributed by atoms with Gasteiger partial charge in [0.1, 0.15) is 5.82 Å². The molecule has 0 saturated heterocycles. The molecule has 1 heterocycles. The zero-order valence-electron chi connectivity index (χ0n) is 15.8. The molecule has 7 heteroatoms. The van der Waals surface area contributed by atoms with E-state index >= 15 is 0 Å². The van der Waals surface area contributed by atoms with Crippen LogP contribution < -0.4 is 4.80 Å². The van der Waals surface area contributed by atoms with E-state index in [9.17, 15) is 9.18 Å². The number of ether oxygens (including phenoxy) is 1. The molecule has 0 spiro atoms. The van der Waals surface area contributed by atoms with Crippen molar-refractivity contribution >= 4 is 39.2 Å². The molecule has 3 aromatic rings. The molecule has 0 N–H and O–H groups in total. The van der Waals surface area contributed by atoms with Crippen LogP contribution in [0.1, 0.15) is 18.4 Å². The largest absolute Gasteiger partial charge is 0.383 e. The van der Waals surface area contributed by atoms with E-state index in [2.05, 4.69) is 17.1 Å². The van der Waals surface area contributed by atoms with Crippen LogP contribution in [0.15, 0.2) is 53.5 Å². The van der Waals surface area contributed by atoms with Gasteiger partial charge < -0.3 is 9.30 Å². The molecular weight excluding hydrogens is 395 g/mol. The van der Waals surface area contributed by atoms with Gasteiger partial charge in [-0.25, -0.2) is 4.39 Å². The fourth-order valence-corrected chi connectivity index (χ4v) is 4.82. The van der Waals surface area contributed by atoms with Gasteiger partial charge in [0, 0.05) is 25.8 Å². The Balaban J connectivity index is 1.62. The minimum atomic E-state index is -0.309. The highest BCUT2D eigenvalue weighted by Crippen LogP contribution is 2.20. The van der Waals surface area contributed by atoms with Crippen LogP contribution in [0.4, 0.5) is 4.39 Å². The van der Waals surface area contributed by atoms with Crippen LogP contribution in [-0.4, -0.2) is 29.9 Å². The smallest absolute Gasteiger partial charge is 0.248 e. The first-order chi connectivity index (χ1) is 13.7. The number of carbonyl (C=O) groups excluding carboxylic acids is 1. The summed E-state index contributed by atoms with van der Waals surface area (Å²) in [4.78, 5) is 17.1. The number of thioether (sulfide) groups is 1. The molecule has 0 fully saturated rings. The van der Waals surface area contributed by atoms with Gasteiger partial charge in [0.25, 0.3) is 0 Å². The van der Waals surface area contributed by atoms with Crippen molar-refractivity contribution in [2.45, 2.75) is 25.1 Å². The van der Waals surface area contributed by atoms with Gasteiger partial charge >= 0.3 is 0 Å². The van der Waals surface area contributed by atoms with Gasteiger partial charge in [-0.3, -0.25) is 4.79 Å². The summed E-state index contributed by atoms with van der Waals surface area (Å²) in [5.74, 6) is 1.37. The van der Waals surface area contributed by atoms with Gasteiger partial charge in [-0.05, 0) is 29.9 Å². The van der Waals surface area contributed by atoms with Crippen molar-refractivity contribution in [2.75, 3.05) is 19.5 Å². The number of rotatable bonds is 9. The highest BCUT2D eigenvalue weighted by molar-refractivity contribution is 7.98. The highest BCUT2D eigenvalue weighted by atomic mass is 32.2. The Morgan fingerprint density at radius 2 is 2.04 bits per heavy atom. The maximum Gasteiger partial charge on any atom is 0.248 e. The van der Waals surface area contributed by atoms with Gasteiger partial charge in [-0.1, -0.05) is 47.7 Å². The fourth-order valence-electron chi connectivity index (χ4n) is 2.81. The lowest BCUT2D eigenvalue weighted by molar-refractivity contribution is -0.118. The summed E-state index contributed by atoms with van der Waals surface area (Å²) in [7, 11) is 1.60. The number of aromatic nitrogens is 1. The summed E-state index contributed by atoms with van der Waals surface area (Å²) in [5, 5.41) is 0. The van der Waals surface area contributed by atoms with E-state index in [1.54, 1.807) is 17.7 Å². The van der Waals surface area contributed by atoms with E-state index in [4.69, 9.17) is 4.74 Å². The molecule has 2 aromatic carbocycles. The van der Waals surface area contributed by atoms with E-state index in [0.717, 1.165) is 22.6 Å². The van der Waals surface area contributed by atoms with Crippen molar-refractivity contribution in [3.63, 3.8) is 0 Å². The number of hydrogen-bond donors (Lipinski definition) is 0. The maximum atomic E-state index is 14.3. The van der Waals surface area contributed by atoms with E-state index in [-0.39, 0.29) is 11.7 Å². The van der Waals surface area contributed by atoms with Crippen molar-refractivity contribution in [3.05, 3.63) is 64.7 Å². The number of thiazole rings is 1. The SMILES string of the molecule is COCCn1c(=NC(=O)CCCSCc2ccccc2)sc2cccc(F)c21. The van der Waals surface area contributed by atoms with E-state index in [1.165, 1.54) is 23.0 Å². The molecule has 148 valence electrons. The number of fused-ring (bicyclic) bond motifs is 1. The minimum absolute atomic E-state index is 0.168. The summed E-state index contributed by atoms with van der Waals surface area (Å²) in [6.45, 7) is 0.883. The number of para-hydroxylation sites is 1. The lowest BCUT2D eigenvalue weighted by atomic mass is 10.2. The number of carbonyl (C=O) groups is 1. The molecule has 0 bridgehead atoms. The van der Waals surface area contributed by atoms with Crippen LogP contribution in [0, 0.1) is 5.82 Å². The first kappa shape index (κ1) is 20.8. The molecule has 0 aliphatic rings. The average Bonchev–Trinajstić information content (AvgIpc) is 3.05. The predicted octanol–water partition coefficient (Wildman–Crippen LogP) is 4.63. The number of nitrogens with zero attached hydrogens (tertiary/aromatic N) is 2. The molecule has 4 nitrogen and oxygen atoms in total. The molecule has 0 saturated carbocycles. The van der Waals surface area contributed by atoms with Crippen molar-refractivity contribution in [2.24, 2.45) is 4.99 Å². The summed E-state index contributed by atoms with van der Waals surface area (Å²) in [6.07, 6.45) is 1.17. The molecular formula is C21H23FN2O2S2. The number of amides is 1. The summed E-state index contributed by atoms with van der Waals surface area (Å²) >= 11 is 3.14. The van der Waals surface area contributed by atoms with E-state index in [1.807, 2.05) is 36.0 Å². The Morgan fingerprint density at radius 1 is 1.21 bits per heavy atom. The Bertz CT molecular complexity index is 983. The molecule has 0 unspecified atom stereocenters. The van der Waals surface area contributed by atoms with Crippen molar-refractivity contribution in [1.82, 2.24) is 4.57 Å². The van der Waals surface area contributed by atoms with Crippen LogP contribution in [0.2, 0.25) is 0 Å². The molecule has 3 rings (SSSR count). The van der Waals surface area contributed by atoms with Crippen molar-refractivity contribution < 1.29 is 13.9 Å². The maximum absolute atomic E-state index is 14.3. The molecule has 0 aliphatic heterocycles. The van der Waals surface area contributed by atoms with Crippen LogP contribution in [0.25, 0.3) is 10.2 Å². The zero-order valence-corrected chi connectivity index (χ0v) is 17.4. The molecule has 0 aliphatic carbocycles. The Labute approximate surface area is 172 Å². The first-order valence-corrected chi connectivity index (χ1v) is 11.1. The second-order valence-electron chi connectivity index (χ2n) is 6.26. The van der Waals surface area contributed by atoms with E-state index < -0.39 is 0 Å². The minimum Gasteiger partial charge on any atom is -0.383 e. The lowest BCUT2D eigenvalue weighted by Crippen LogP contribution is -2.19. The Morgan fingerprint density at radius 3 is 2.82 bits per heavy atom. The number of benzene rings is 2. The molecule has 0 atom stereocenters. The third-order valence-electron chi connectivity index (χ3n) is 4.18. The summed E-state index contributed by atoms with van der Waals surface area (Å²) in [5.41, 5.74) is 1.77. The zero-order chi connectivity index (χ0) is 19.8. The number of hydrogen-bond acceptors (Lipinski definition) is 4. The first-order valence-electron chi connectivity index (χ1n) is 9.15.